The van der Waals surface area contributed by atoms with Crippen molar-refractivity contribution >= 4 is 10.0 Å². The zero-order chi connectivity index (χ0) is 15.3. The molecule has 0 atom stereocenters. The molecule has 0 aliphatic carbocycles. The number of hydrogen-bond donors (Lipinski definition) is 1. The summed E-state index contributed by atoms with van der Waals surface area (Å²) in [7, 11) is -1.48. The first kappa shape index (κ1) is 16.0. The fraction of sp³-hybridized carbons (Fsp3) is 0.467. The number of aliphatic hydroxyl groups is 1. The number of aliphatic hydroxyl groups excluding tert-OH is 1. The van der Waals surface area contributed by atoms with Gasteiger partial charge in [-0.1, -0.05) is 17.9 Å². The smallest absolute Gasteiger partial charge is 0.243 e. The van der Waals surface area contributed by atoms with E-state index in [4.69, 9.17) is 5.11 Å². The molecule has 1 heterocycles. The fourth-order valence-corrected chi connectivity index (χ4v) is 3.80. The third-order valence-electron chi connectivity index (χ3n) is 3.46. The van der Waals surface area contributed by atoms with E-state index in [2.05, 4.69) is 16.7 Å². The summed E-state index contributed by atoms with van der Waals surface area (Å²) in [5, 5.41) is 8.71. The maximum atomic E-state index is 12.7. The highest BCUT2D eigenvalue weighted by Crippen LogP contribution is 2.18. The van der Waals surface area contributed by atoms with Crippen molar-refractivity contribution in [3.63, 3.8) is 0 Å². The molecule has 0 radical (unpaired) electrons. The molecule has 0 saturated carbocycles. The first-order valence-electron chi connectivity index (χ1n) is 6.92. The minimum absolute atomic E-state index is 0.241. The Hall–Kier alpha value is -1.39. The van der Waals surface area contributed by atoms with E-state index in [-0.39, 0.29) is 11.5 Å². The predicted molar refractivity (Wildman–Crippen MR) is 81.3 cm³/mol. The van der Waals surface area contributed by atoms with Crippen LogP contribution in [0.5, 0.6) is 0 Å². The Morgan fingerprint density at radius 3 is 2.81 bits per heavy atom. The van der Waals surface area contributed by atoms with Crippen molar-refractivity contribution in [1.29, 1.82) is 0 Å². The highest BCUT2D eigenvalue weighted by Gasteiger charge is 2.26. The molecule has 0 unspecified atom stereocenters. The normalized spacial score (nSPS) is 17.8. The fourth-order valence-electron chi connectivity index (χ4n) is 2.29. The highest BCUT2D eigenvalue weighted by atomic mass is 32.2. The van der Waals surface area contributed by atoms with E-state index >= 15 is 0 Å². The Kier molecular flexibility index (Phi) is 5.37. The summed E-state index contributed by atoms with van der Waals surface area (Å²) >= 11 is 0. The number of nitrogens with zero attached hydrogens (tertiary/aromatic N) is 2. The summed E-state index contributed by atoms with van der Waals surface area (Å²) in [6.07, 6.45) is 0.833. The van der Waals surface area contributed by atoms with Crippen molar-refractivity contribution in [2.45, 2.75) is 11.3 Å². The van der Waals surface area contributed by atoms with Crippen molar-refractivity contribution in [2.24, 2.45) is 0 Å². The average Bonchev–Trinajstić information content (AvgIpc) is 2.70. The number of sulfonamides is 1. The van der Waals surface area contributed by atoms with E-state index in [1.165, 1.54) is 4.31 Å². The van der Waals surface area contributed by atoms with E-state index < -0.39 is 10.0 Å². The molecule has 1 aromatic rings. The number of hydrogen-bond acceptors (Lipinski definition) is 4. The molecule has 1 aliphatic rings. The van der Waals surface area contributed by atoms with E-state index in [1.54, 1.807) is 24.3 Å². The van der Waals surface area contributed by atoms with Crippen molar-refractivity contribution in [3.8, 4) is 11.8 Å². The molecule has 5 nitrogen and oxygen atoms in total. The molecule has 2 rings (SSSR count). The van der Waals surface area contributed by atoms with Gasteiger partial charge in [-0.25, -0.2) is 8.42 Å². The topological polar surface area (TPSA) is 60.9 Å². The number of benzene rings is 1. The number of likely N-dealkylation sites (N-methyl/N-ethyl adjacent to an activating group) is 1. The molecule has 114 valence electrons. The Labute approximate surface area is 126 Å². The molecule has 0 aromatic heterocycles. The van der Waals surface area contributed by atoms with Gasteiger partial charge in [0.25, 0.3) is 0 Å². The van der Waals surface area contributed by atoms with Crippen LogP contribution in [-0.2, 0) is 10.0 Å². The van der Waals surface area contributed by atoms with Gasteiger partial charge in [-0.05, 0) is 38.2 Å². The van der Waals surface area contributed by atoms with Gasteiger partial charge in [0.2, 0.25) is 10.0 Å². The lowest BCUT2D eigenvalue weighted by molar-refractivity contribution is 0.347. The summed E-state index contributed by atoms with van der Waals surface area (Å²) < 4.78 is 26.9. The Morgan fingerprint density at radius 2 is 2.05 bits per heavy atom. The zero-order valence-corrected chi connectivity index (χ0v) is 12.9. The molecule has 0 bridgehead atoms. The molecule has 21 heavy (non-hydrogen) atoms. The molecule has 1 N–H and O–H groups in total. The molecule has 0 amide bonds. The van der Waals surface area contributed by atoms with Gasteiger partial charge < -0.3 is 10.0 Å². The van der Waals surface area contributed by atoms with Crippen LogP contribution < -0.4 is 0 Å². The van der Waals surface area contributed by atoms with Gasteiger partial charge in [-0.3, -0.25) is 0 Å². The average molecular weight is 308 g/mol. The van der Waals surface area contributed by atoms with Gasteiger partial charge in [-0.2, -0.15) is 4.31 Å². The largest absolute Gasteiger partial charge is 0.384 e. The first-order chi connectivity index (χ1) is 10.0. The lowest BCUT2D eigenvalue weighted by Crippen LogP contribution is -2.34. The van der Waals surface area contributed by atoms with Gasteiger partial charge in [0.05, 0.1) is 4.90 Å². The van der Waals surface area contributed by atoms with Crippen LogP contribution in [0.15, 0.2) is 29.2 Å². The van der Waals surface area contributed by atoms with E-state index in [9.17, 15) is 8.42 Å². The monoisotopic (exact) mass is 308 g/mol. The second kappa shape index (κ2) is 7.05. The molecule has 6 heteroatoms. The molecule has 1 aromatic carbocycles. The quantitative estimate of drug-likeness (QED) is 0.801. The van der Waals surface area contributed by atoms with Crippen LogP contribution in [0.2, 0.25) is 0 Å². The van der Waals surface area contributed by atoms with Crippen molar-refractivity contribution in [2.75, 3.05) is 39.8 Å². The minimum Gasteiger partial charge on any atom is -0.384 e. The summed E-state index contributed by atoms with van der Waals surface area (Å²) in [4.78, 5) is 2.40. The van der Waals surface area contributed by atoms with E-state index in [0.717, 1.165) is 19.5 Å². The second-order valence-electron chi connectivity index (χ2n) is 5.05. The maximum absolute atomic E-state index is 12.7. The van der Waals surface area contributed by atoms with Crippen LogP contribution in [0, 0.1) is 11.8 Å². The van der Waals surface area contributed by atoms with E-state index in [0.29, 0.717) is 18.7 Å². The van der Waals surface area contributed by atoms with Crippen LogP contribution in [0.25, 0.3) is 0 Å². The van der Waals surface area contributed by atoms with Crippen LogP contribution in [0.1, 0.15) is 12.0 Å². The SMILES string of the molecule is CN1CCCN(S(=O)(=O)c2cccc(C#CCO)c2)CC1. The van der Waals surface area contributed by atoms with Crippen LogP contribution in [0.3, 0.4) is 0 Å². The lowest BCUT2D eigenvalue weighted by atomic mass is 10.2. The molecular formula is C15H20N2O3S. The highest BCUT2D eigenvalue weighted by molar-refractivity contribution is 7.89. The molecule has 1 aliphatic heterocycles. The van der Waals surface area contributed by atoms with Crippen molar-refractivity contribution < 1.29 is 13.5 Å². The third-order valence-corrected chi connectivity index (χ3v) is 5.36. The van der Waals surface area contributed by atoms with E-state index in [1.807, 2.05) is 7.05 Å². The Morgan fingerprint density at radius 1 is 1.24 bits per heavy atom. The molecule has 0 spiro atoms. The third kappa shape index (κ3) is 4.05. The van der Waals surface area contributed by atoms with Crippen LogP contribution in [0.4, 0.5) is 0 Å². The zero-order valence-electron chi connectivity index (χ0n) is 12.1. The predicted octanol–water partition coefficient (Wildman–Crippen LogP) is 0.357. The summed E-state index contributed by atoms with van der Waals surface area (Å²) in [5.74, 6) is 5.27. The van der Waals surface area contributed by atoms with Crippen molar-refractivity contribution in [1.82, 2.24) is 9.21 Å². The molecular weight excluding hydrogens is 288 g/mol. The van der Waals surface area contributed by atoms with Crippen LogP contribution >= 0.6 is 0 Å². The number of rotatable bonds is 2. The standard InChI is InChI=1S/C15H20N2O3S/c1-16-8-4-9-17(11-10-16)21(19,20)15-7-2-5-14(13-15)6-3-12-18/h2,5,7,13,18H,4,8-12H2,1H3. The Bertz CT molecular complexity index is 646. The van der Waals surface area contributed by atoms with Crippen molar-refractivity contribution in [3.05, 3.63) is 29.8 Å². The van der Waals surface area contributed by atoms with Gasteiger partial charge >= 0.3 is 0 Å². The van der Waals surface area contributed by atoms with Crippen LogP contribution in [-0.4, -0.2) is 62.6 Å². The molecule has 1 saturated heterocycles. The molecule has 1 fully saturated rings. The lowest BCUT2D eigenvalue weighted by Gasteiger charge is -2.20. The van der Waals surface area contributed by atoms with Gasteiger partial charge in [0.1, 0.15) is 6.61 Å². The minimum atomic E-state index is -3.48. The summed E-state index contributed by atoms with van der Waals surface area (Å²) in [6, 6.07) is 6.57. The Balaban J connectivity index is 2.26. The maximum Gasteiger partial charge on any atom is 0.243 e. The van der Waals surface area contributed by atoms with Gasteiger partial charge in [0, 0.05) is 25.2 Å². The van der Waals surface area contributed by atoms with Gasteiger partial charge in [0.15, 0.2) is 0 Å². The van der Waals surface area contributed by atoms with Gasteiger partial charge in [-0.15, -0.1) is 0 Å². The first-order valence-corrected chi connectivity index (χ1v) is 8.36. The second-order valence-corrected chi connectivity index (χ2v) is 6.99. The summed E-state index contributed by atoms with van der Waals surface area (Å²) in [5.41, 5.74) is 0.595. The summed E-state index contributed by atoms with van der Waals surface area (Å²) in [6.45, 7) is 2.46.